The molecule has 19 heavy (non-hydrogen) atoms. The van der Waals surface area contributed by atoms with Gasteiger partial charge in [0.15, 0.2) is 0 Å². The minimum atomic E-state index is -3.31. The third-order valence-electron chi connectivity index (χ3n) is 2.27. The number of hydrogen-bond acceptors (Lipinski definition) is 3. The second-order valence-corrected chi connectivity index (χ2v) is 7.52. The molecule has 5 nitrogen and oxygen atoms in total. The number of halogens is 1. The number of carbonyl (C=O) groups excluding carboxylic acids is 1. The fraction of sp³-hybridized carbons (Fsp3) is 0.417. The van der Waals surface area contributed by atoms with E-state index in [0.29, 0.717) is 10.0 Å². The molecule has 0 heterocycles. The Labute approximate surface area is 122 Å². The summed E-state index contributed by atoms with van der Waals surface area (Å²) in [6.45, 7) is 3.60. The lowest BCUT2D eigenvalue weighted by molar-refractivity contribution is 0.0943. The van der Waals surface area contributed by atoms with Gasteiger partial charge in [0.2, 0.25) is 10.0 Å². The molecule has 1 rings (SSSR count). The van der Waals surface area contributed by atoms with Crippen molar-refractivity contribution < 1.29 is 13.2 Å². The molecule has 0 atom stereocenters. The summed E-state index contributed by atoms with van der Waals surface area (Å²) in [4.78, 5) is 12.0. The highest BCUT2D eigenvalue weighted by molar-refractivity contribution is 9.10. The molecule has 0 bridgehead atoms. The van der Waals surface area contributed by atoms with E-state index in [9.17, 15) is 13.2 Å². The van der Waals surface area contributed by atoms with Crippen molar-refractivity contribution in [3.8, 4) is 0 Å². The summed E-state index contributed by atoms with van der Waals surface area (Å²) in [5.41, 5.74) is -0.234. The summed E-state index contributed by atoms with van der Waals surface area (Å²) >= 11 is 3.29. The van der Waals surface area contributed by atoms with E-state index >= 15 is 0 Å². The maximum Gasteiger partial charge on any atom is 0.252 e. The number of carbonyl (C=O) groups is 1. The van der Waals surface area contributed by atoms with Gasteiger partial charge in [0.25, 0.3) is 5.91 Å². The van der Waals surface area contributed by atoms with Crippen molar-refractivity contribution in [2.24, 2.45) is 0 Å². The summed E-state index contributed by atoms with van der Waals surface area (Å²) in [5, 5.41) is 2.71. The van der Waals surface area contributed by atoms with Crippen LogP contribution in [0.25, 0.3) is 0 Å². The first kappa shape index (κ1) is 16.1. The Morgan fingerprint density at radius 1 is 1.32 bits per heavy atom. The number of amides is 1. The standard InChI is InChI=1S/C12H17BrN2O3S/c1-12(2,15-19(3,17)18)8-14-11(16)9-6-4-5-7-10(9)13/h4-7,15H,8H2,1-3H3,(H,14,16). The molecule has 1 aromatic carbocycles. The first-order valence-electron chi connectivity index (χ1n) is 5.62. The molecule has 0 saturated heterocycles. The van der Waals surface area contributed by atoms with Crippen LogP contribution in [-0.2, 0) is 10.0 Å². The van der Waals surface area contributed by atoms with Crippen molar-refractivity contribution >= 4 is 31.9 Å². The Kier molecular flexibility index (Phi) is 5.11. The summed E-state index contributed by atoms with van der Waals surface area (Å²) in [5.74, 6) is -0.254. The van der Waals surface area contributed by atoms with E-state index in [1.165, 1.54) is 0 Å². The molecule has 106 valence electrons. The number of rotatable bonds is 5. The first-order chi connectivity index (χ1) is 8.61. The maximum atomic E-state index is 12.0. The Bertz CT molecular complexity index is 570. The van der Waals surface area contributed by atoms with Crippen LogP contribution >= 0.6 is 15.9 Å². The quantitative estimate of drug-likeness (QED) is 0.846. The Balaban J connectivity index is 2.67. The molecule has 0 fully saturated rings. The minimum Gasteiger partial charge on any atom is -0.350 e. The second kappa shape index (κ2) is 6.02. The lowest BCUT2D eigenvalue weighted by Crippen LogP contribution is -2.51. The zero-order valence-electron chi connectivity index (χ0n) is 11.0. The summed E-state index contributed by atoms with van der Waals surface area (Å²) < 4.78 is 25.5. The lowest BCUT2D eigenvalue weighted by Gasteiger charge is -2.25. The number of sulfonamides is 1. The zero-order chi connectivity index (χ0) is 14.7. The van der Waals surface area contributed by atoms with Gasteiger partial charge in [-0.2, -0.15) is 0 Å². The number of benzene rings is 1. The van der Waals surface area contributed by atoms with Gasteiger partial charge in [-0.05, 0) is 41.9 Å². The molecule has 0 aliphatic rings. The van der Waals surface area contributed by atoms with Gasteiger partial charge < -0.3 is 5.32 Å². The Morgan fingerprint density at radius 2 is 1.89 bits per heavy atom. The monoisotopic (exact) mass is 348 g/mol. The average molecular weight is 349 g/mol. The van der Waals surface area contributed by atoms with Gasteiger partial charge in [-0.15, -0.1) is 0 Å². The number of nitrogens with one attached hydrogen (secondary N) is 2. The lowest BCUT2D eigenvalue weighted by atomic mass is 10.1. The third kappa shape index (κ3) is 5.71. The van der Waals surface area contributed by atoms with E-state index in [0.717, 1.165) is 6.26 Å². The first-order valence-corrected chi connectivity index (χ1v) is 8.31. The van der Waals surface area contributed by atoms with E-state index in [2.05, 4.69) is 26.0 Å². The molecular weight excluding hydrogens is 332 g/mol. The van der Waals surface area contributed by atoms with Crippen molar-refractivity contribution in [1.82, 2.24) is 10.0 Å². The summed E-state index contributed by atoms with van der Waals surface area (Å²) in [6.07, 6.45) is 1.09. The van der Waals surface area contributed by atoms with Crippen LogP contribution in [-0.4, -0.2) is 32.7 Å². The Hall–Kier alpha value is -0.920. The normalized spacial score (nSPS) is 12.2. The second-order valence-electron chi connectivity index (χ2n) is 4.92. The Morgan fingerprint density at radius 3 is 2.42 bits per heavy atom. The molecule has 7 heteroatoms. The maximum absolute atomic E-state index is 12.0. The SMILES string of the molecule is CC(C)(CNC(=O)c1ccccc1Br)NS(C)(=O)=O. The molecule has 0 aliphatic carbocycles. The predicted molar refractivity (Wildman–Crippen MR) is 78.5 cm³/mol. The van der Waals surface area contributed by atoms with Gasteiger partial charge in [0, 0.05) is 16.6 Å². The van der Waals surface area contributed by atoms with Crippen LogP contribution in [0.3, 0.4) is 0 Å². The van der Waals surface area contributed by atoms with Crippen LogP contribution in [0.15, 0.2) is 28.7 Å². The molecule has 0 radical (unpaired) electrons. The minimum absolute atomic E-state index is 0.195. The summed E-state index contributed by atoms with van der Waals surface area (Å²) in [7, 11) is -3.31. The third-order valence-corrected chi connectivity index (χ3v) is 3.89. The largest absolute Gasteiger partial charge is 0.350 e. The highest BCUT2D eigenvalue weighted by atomic mass is 79.9. The van der Waals surface area contributed by atoms with Gasteiger partial charge in [-0.25, -0.2) is 13.1 Å². The molecule has 0 spiro atoms. The molecule has 2 N–H and O–H groups in total. The highest BCUT2D eigenvalue weighted by Crippen LogP contribution is 2.15. The van der Waals surface area contributed by atoms with Gasteiger partial charge in [0.05, 0.1) is 11.8 Å². The number of hydrogen-bond donors (Lipinski definition) is 2. The topological polar surface area (TPSA) is 75.3 Å². The van der Waals surface area contributed by atoms with Crippen LogP contribution in [0.5, 0.6) is 0 Å². The van der Waals surface area contributed by atoms with E-state index in [-0.39, 0.29) is 12.5 Å². The van der Waals surface area contributed by atoms with Crippen LogP contribution < -0.4 is 10.0 Å². The van der Waals surface area contributed by atoms with Crippen molar-refractivity contribution in [2.45, 2.75) is 19.4 Å². The zero-order valence-corrected chi connectivity index (χ0v) is 13.4. The van der Waals surface area contributed by atoms with Crippen molar-refractivity contribution in [3.05, 3.63) is 34.3 Å². The van der Waals surface area contributed by atoms with Gasteiger partial charge in [-0.1, -0.05) is 12.1 Å². The van der Waals surface area contributed by atoms with Crippen molar-refractivity contribution in [1.29, 1.82) is 0 Å². The van der Waals surface area contributed by atoms with Gasteiger partial charge in [-0.3, -0.25) is 4.79 Å². The van der Waals surface area contributed by atoms with Crippen LogP contribution in [0.2, 0.25) is 0 Å². The molecular formula is C12H17BrN2O3S. The van der Waals surface area contributed by atoms with Gasteiger partial charge in [0.1, 0.15) is 0 Å². The van der Waals surface area contributed by atoms with Crippen molar-refractivity contribution in [3.63, 3.8) is 0 Å². The van der Waals surface area contributed by atoms with Crippen LogP contribution in [0.4, 0.5) is 0 Å². The summed E-state index contributed by atoms with van der Waals surface area (Å²) in [6, 6.07) is 7.04. The average Bonchev–Trinajstić information content (AvgIpc) is 2.23. The fourth-order valence-electron chi connectivity index (χ4n) is 1.58. The highest BCUT2D eigenvalue weighted by Gasteiger charge is 2.23. The van der Waals surface area contributed by atoms with Crippen LogP contribution in [0.1, 0.15) is 24.2 Å². The smallest absolute Gasteiger partial charge is 0.252 e. The molecule has 1 aromatic rings. The molecule has 0 aliphatic heterocycles. The van der Waals surface area contributed by atoms with Crippen LogP contribution in [0, 0.1) is 0 Å². The molecule has 0 saturated carbocycles. The van der Waals surface area contributed by atoms with E-state index in [1.54, 1.807) is 32.0 Å². The molecule has 1 amide bonds. The van der Waals surface area contributed by atoms with Crippen molar-refractivity contribution in [2.75, 3.05) is 12.8 Å². The van der Waals surface area contributed by atoms with Gasteiger partial charge >= 0.3 is 0 Å². The van der Waals surface area contributed by atoms with E-state index < -0.39 is 15.6 Å². The molecule has 0 unspecified atom stereocenters. The van der Waals surface area contributed by atoms with E-state index in [4.69, 9.17) is 0 Å². The van der Waals surface area contributed by atoms with E-state index in [1.807, 2.05) is 6.07 Å². The fourth-order valence-corrected chi connectivity index (χ4v) is 3.12. The predicted octanol–water partition coefficient (Wildman–Crippen LogP) is 1.51. The molecule has 0 aromatic heterocycles.